The zero-order valence-corrected chi connectivity index (χ0v) is 14.3. The van der Waals surface area contributed by atoms with Gasteiger partial charge in [0.1, 0.15) is 10.3 Å². The van der Waals surface area contributed by atoms with E-state index < -0.39 is 5.25 Å². The number of hydrogen-bond donors (Lipinski definition) is 0. The van der Waals surface area contributed by atoms with Crippen LogP contribution in [-0.4, -0.2) is 27.3 Å². The van der Waals surface area contributed by atoms with Crippen molar-refractivity contribution in [2.75, 3.05) is 4.90 Å². The van der Waals surface area contributed by atoms with Crippen LogP contribution < -0.4 is 4.90 Å². The van der Waals surface area contributed by atoms with Crippen LogP contribution in [0.4, 0.5) is 5.69 Å². The van der Waals surface area contributed by atoms with Crippen molar-refractivity contribution in [1.29, 1.82) is 0 Å². The molecule has 22 heavy (non-hydrogen) atoms. The molecule has 114 valence electrons. The Hall–Kier alpha value is -1.44. The van der Waals surface area contributed by atoms with Gasteiger partial charge in [0, 0.05) is 11.4 Å². The minimum atomic E-state index is -0.460. The van der Waals surface area contributed by atoms with Crippen LogP contribution in [-0.2, 0) is 9.59 Å². The highest BCUT2D eigenvalue weighted by atomic mass is 35.5. The summed E-state index contributed by atoms with van der Waals surface area (Å²) in [5.74, 6) is -0.442. The fraction of sp³-hybridized carbons (Fsp3) is 0.286. The fourth-order valence-electron chi connectivity index (χ4n) is 2.24. The number of aromatic nitrogens is 2. The lowest BCUT2D eigenvalue weighted by Gasteiger charge is -2.17. The van der Waals surface area contributed by atoms with Crippen molar-refractivity contribution in [2.24, 2.45) is 0 Å². The first-order chi connectivity index (χ1) is 10.5. The molecular weight excluding hydrogens is 342 g/mol. The second-order valence-corrected chi connectivity index (χ2v) is 7.89. The molecule has 2 heterocycles. The molecule has 1 aromatic heterocycles. The van der Waals surface area contributed by atoms with Crippen LogP contribution in [0.1, 0.15) is 17.0 Å². The molecule has 0 spiro atoms. The van der Waals surface area contributed by atoms with Gasteiger partial charge in [-0.05, 0) is 31.5 Å². The summed E-state index contributed by atoms with van der Waals surface area (Å²) in [7, 11) is 0. The van der Waals surface area contributed by atoms with Crippen molar-refractivity contribution < 1.29 is 9.59 Å². The Morgan fingerprint density at radius 3 is 2.77 bits per heavy atom. The zero-order chi connectivity index (χ0) is 15.9. The van der Waals surface area contributed by atoms with Gasteiger partial charge >= 0.3 is 0 Å². The number of anilines is 1. The Labute approximate surface area is 140 Å². The van der Waals surface area contributed by atoms with Gasteiger partial charge in [-0.15, -0.1) is 10.2 Å². The van der Waals surface area contributed by atoms with Gasteiger partial charge in [0.2, 0.25) is 11.8 Å². The third-order valence-electron chi connectivity index (χ3n) is 3.34. The Balaban J connectivity index is 1.87. The number of rotatable bonds is 3. The molecular formula is C14H12ClN3O2S2. The maximum absolute atomic E-state index is 12.6. The average molecular weight is 354 g/mol. The third kappa shape index (κ3) is 2.76. The van der Waals surface area contributed by atoms with E-state index in [4.69, 9.17) is 11.6 Å². The van der Waals surface area contributed by atoms with Gasteiger partial charge < -0.3 is 0 Å². The molecule has 2 aromatic rings. The number of amides is 2. The predicted octanol–water partition coefficient (Wildman–Crippen LogP) is 3.23. The molecule has 0 radical (unpaired) electrons. The van der Waals surface area contributed by atoms with Crippen LogP contribution in [0.5, 0.6) is 0 Å². The second kappa shape index (κ2) is 5.98. The number of imide groups is 1. The van der Waals surface area contributed by atoms with Crippen LogP contribution >= 0.6 is 34.7 Å². The number of carbonyl (C=O) groups is 2. The van der Waals surface area contributed by atoms with Crippen LogP contribution in [0.2, 0.25) is 5.02 Å². The maximum Gasteiger partial charge on any atom is 0.247 e. The highest BCUT2D eigenvalue weighted by Crippen LogP contribution is 2.37. The van der Waals surface area contributed by atoms with E-state index in [9.17, 15) is 9.59 Å². The van der Waals surface area contributed by atoms with Crippen LogP contribution in [0.25, 0.3) is 0 Å². The smallest absolute Gasteiger partial charge is 0.247 e. The molecule has 1 fully saturated rings. The summed E-state index contributed by atoms with van der Waals surface area (Å²) >= 11 is 8.80. The molecule has 0 N–H and O–H groups in total. The van der Waals surface area contributed by atoms with Crippen molar-refractivity contribution in [3.05, 3.63) is 33.8 Å². The summed E-state index contributed by atoms with van der Waals surface area (Å²) in [6.07, 6.45) is 0.161. The first-order valence-corrected chi connectivity index (χ1v) is 8.63. The van der Waals surface area contributed by atoms with Gasteiger partial charge in [-0.3, -0.25) is 9.59 Å². The molecule has 0 aliphatic carbocycles. The standard InChI is InChI=1S/C14H12ClN3O2S2/c1-7-9(15)4-3-5-10(7)18-12(19)6-11(13(18)20)22-14-17-16-8(2)21-14/h3-5,11H,6H2,1-2H3. The van der Waals surface area contributed by atoms with E-state index in [0.717, 1.165) is 10.6 Å². The molecule has 2 amide bonds. The Morgan fingerprint density at radius 2 is 2.09 bits per heavy atom. The Morgan fingerprint density at radius 1 is 1.32 bits per heavy atom. The summed E-state index contributed by atoms with van der Waals surface area (Å²) in [6, 6.07) is 5.21. The number of nitrogens with zero attached hydrogens (tertiary/aromatic N) is 3. The molecule has 3 rings (SSSR count). The van der Waals surface area contributed by atoms with Gasteiger partial charge in [0.15, 0.2) is 4.34 Å². The second-order valence-electron chi connectivity index (χ2n) is 4.85. The molecule has 1 aromatic carbocycles. The highest BCUT2D eigenvalue weighted by Gasteiger charge is 2.41. The van der Waals surface area contributed by atoms with Crippen molar-refractivity contribution in [1.82, 2.24) is 10.2 Å². The summed E-state index contributed by atoms with van der Waals surface area (Å²) in [5.41, 5.74) is 1.28. The van der Waals surface area contributed by atoms with Crippen LogP contribution in [0.3, 0.4) is 0 Å². The summed E-state index contributed by atoms with van der Waals surface area (Å²) in [5, 5.41) is 8.83. The van der Waals surface area contributed by atoms with Crippen molar-refractivity contribution in [3.63, 3.8) is 0 Å². The first kappa shape index (κ1) is 15.5. The van der Waals surface area contributed by atoms with Crippen LogP contribution in [0.15, 0.2) is 22.5 Å². The van der Waals surface area contributed by atoms with Crippen molar-refractivity contribution in [3.8, 4) is 0 Å². The molecule has 8 heteroatoms. The number of benzene rings is 1. The Kier molecular flexibility index (Phi) is 4.20. The molecule has 1 saturated heterocycles. The Bertz CT molecular complexity index is 762. The minimum Gasteiger partial charge on any atom is -0.274 e. The summed E-state index contributed by atoms with van der Waals surface area (Å²) in [6.45, 7) is 3.65. The van der Waals surface area contributed by atoms with E-state index in [-0.39, 0.29) is 18.2 Å². The average Bonchev–Trinajstić information content (AvgIpc) is 2.99. The molecule has 1 atom stereocenters. The molecule has 1 unspecified atom stereocenters. The van der Waals surface area contributed by atoms with Crippen molar-refractivity contribution in [2.45, 2.75) is 29.9 Å². The van der Waals surface area contributed by atoms with Gasteiger partial charge in [-0.1, -0.05) is 40.8 Å². The lowest BCUT2D eigenvalue weighted by Crippen LogP contribution is -2.31. The lowest BCUT2D eigenvalue weighted by atomic mass is 10.2. The number of thioether (sulfide) groups is 1. The van der Waals surface area contributed by atoms with E-state index in [1.165, 1.54) is 28.0 Å². The molecule has 0 bridgehead atoms. The number of hydrogen-bond acceptors (Lipinski definition) is 6. The fourth-order valence-corrected chi connectivity index (χ4v) is 4.49. The largest absolute Gasteiger partial charge is 0.274 e. The normalized spacial score (nSPS) is 18.3. The number of halogens is 1. The maximum atomic E-state index is 12.6. The lowest BCUT2D eigenvalue weighted by molar-refractivity contribution is -0.121. The van der Waals surface area contributed by atoms with E-state index in [1.807, 2.05) is 6.92 Å². The monoisotopic (exact) mass is 353 g/mol. The van der Waals surface area contributed by atoms with Crippen molar-refractivity contribution >= 4 is 52.2 Å². The van der Waals surface area contributed by atoms with Gasteiger partial charge in [-0.2, -0.15) is 0 Å². The third-order valence-corrected chi connectivity index (χ3v) is 5.85. The molecule has 0 saturated carbocycles. The molecule has 1 aliphatic heterocycles. The van der Waals surface area contributed by atoms with Gasteiger partial charge in [-0.25, -0.2) is 4.90 Å². The number of aryl methyl sites for hydroxylation is 1. The van der Waals surface area contributed by atoms with E-state index in [1.54, 1.807) is 25.1 Å². The first-order valence-electron chi connectivity index (χ1n) is 6.56. The van der Waals surface area contributed by atoms with E-state index >= 15 is 0 Å². The zero-order valence-electron chi connectivity index (χ0n) is 11.9. The summed E-state index contributed by atoms with van der Waals surface area (Å²) in [4.78, 5) is 26.1. The molecule has 5 nitrogen and oxygen atoms in total. The topological polar surface area (TPSA) is 63.2 Å². The van der Waals surface area contributed by atoms with E-state index in [2.05, 4.69) is 10.2 Å². The minimum absolute atomic E-state index is 0.161. The molecule has 1 aliphatic rings. The predicted molar refractivity (Wildman–Crippen MR) is 87.6 cm³/mol. The van der Waals surface area contributed by atoms with Crippen LogP contribution in [0, 0.1) is 13.8 Å². The quantitative estimate of drug-likeness (QED) is 0.793. The van der Waals surface area contributed by atoms with E-state index in [0.29, 0.717) is 15.0 Å². The van der Waals surface area contributed by atoms with Gasteiger partial charge in [0.25, 0.3) is 0 Å². The summed E-state index contributed by atoms with van der Waals surface area (Å²) < 4.78 is 0.702. The van der Waals surface area contributed by atoms with Gasteiger partial charge in [0.05, 0.1) is 5.69 Å². The SMILES string of the molecule is Cc1nnc(SC2CC(=O)N(c3cccc(Cl)c3C)C2=O)s1. The number of carbonyl (C=O) groups excluding carboxylic acids is 2. The highest BCUT2D eigenvalue weighted by molar-refractivity contribution is 8.02.